The van der Waals surface area contributed by atoms with Crippen LogP contribution in [0.2, 0.25) is 0 Å². The number of likely N-dealkylation sites (tertiary alicyclic amines) is 1. The number of nitrogens with zero attached hydrogens (tertiary/aromatic N) is 2. The van der Waals surface area contributed by atoms with Gasteiger partial charge in [0.15, 0.2) is 0 Å². The van der Waals surface area contributed by atoms with Gasteiger partial charge in [-0.2, -0.15) is 5.26 Å². The van der Waals surface area contributed by atoms with E-state index < -0.39 is 17.9 Å². The van der Waals surface area contributed by atoms with Gasteiger partial charge in [0.05, 0.1) is 23.6 Å². The molecule has 1 aliphatic heterocycles. The number of nitriles is 1. The summed E-state index contributed by atoms with van der Waals surface area (Å²) < 4.78 is 0. The molecule has 1 saturated heterocycles. The molecule has 1 aliphatic rings. The Morgan fingerprint density at radius 1 is 1.50 bits per heavy atom. The molecule has 104 valence electrons. The molecular formula is C15H16N2O3. The summed E-state index contributed by atoms with van der Waals surface area (Å²) in [6.07, 6.45) is 0.561. The van der Waals surface area contributed by atoms with Gasteiger partial charge in [-0.05, 0) is 25.0 Å². The van der Waals surface area contributed by atoms with Crippen molar-refractivity contribution >= 4 is 11.9 Å². The summed E-state index contributed by atoms with van der Waals surface area (Å²) in [5.74, 6) is -1.64. The van der Waals surface area contributed by atoms with E-state index in [1.54, 1.807) is 29.2 Å². The zero-order chi connectivity index (χ0) is 14.7. The van der Waals surface area contributed by atoms with Gasteiger partial charge < -0.3 is 10.0 Å². The molecular weight excluding hydrogens is 256 g/mol. The summed E-state index contributed by atoms with van der Waals surface area (Å²) >= 11 is 0. The zero-order valence-electron chi connectivity index (χ0n) is 11.2. The lowest BCUT2D eigenvalue weighted by atomic mass is 9.82. The second-order valence-electron chi connectivity index (χ2n) is 4.81. The van der Waals surface area contributed by atoms with E-state index in [0.29, 0.717) is 24.1 Å². The summed E-state index contributed by atoms with van der Waals surface area (Å²) in [5, 5.41) is 18.6. The molecule has 2 atom stereocenters. The van der Waals surface area contributed by atoms with Gasteiger partial charge in [0.1, 0.15) is 0 Å². The quantitative estimate of drug-likeness (QED) is 0.911. The Labute approximate surface area is 117 Å². The summed E-state index contributed by atoms with van der Waals surface area (Å²) in [4.78, 5) is 25.1. The Bertz CT molecular complexity index is 575. The number of hydrogen-bond donors (Lipinski definition) is 1. The third kappa shape index (κ3) is 2.37. The predicted molar refractivity (Wildman–Crippen MR) is 71.6 cm³/mol. The molecule has 20 heavy (non-hydrogen) atoms. The largest absolute Gasteiger partial charge is 0.481 e. The van der Waals surface area contributed by atoms with Crippen molar-refractivity contribution < 1.29 is 14.7 Å². The first-order valence-corrected chi connectivity index (χ1v) is 6.61. The SMILES string of the molecule is CCN1C(=O)CCC(C(=O)O)C1c1ccccc1C#N. The molecule has 1 fully saturated rings. The fourth-order valence-electron chi connectivity index (χ4n) is 2.83. The van der Waals surface area contributed by atoms with E-state index >= 15 is 0 Å². The molecule has 0 aromatic heterocycles. The van der Waals surface area contributed by atoms with Crippen LogP contribution in [0.3, 0.4) is 0 Å². The minimum Gasteiger partial charge on any atom is -0.481 e. The molecule has 0 spiro atoms. The smallest absolute Gasteiger partial charge is 0.308 e. The fourth-order valence-corrected chi connectivity index (χ4v) is 2.83. The number of amides is 1. The maximum absolute atomic E-state index is 12.0. The van der Waals surface area contributed by atoms with Crippen LogP contribution in [0.4, 0.5) is 0 Å². The molecule has 1 aromatic carbocycles. The van der Waals surface area contributed by atoms with Crippen molar-refractivity contribution in [2.45, 2.75) is 25.8 Å². The maximum atomic E-state index is 12.0. The van der Waals surface area contributed by atoms with Crippen molar-refractivity contribution in [3.8, 4) is 6.07 Å². The highest BCUT2D eigenvalue weighted by molar-refractivity contribution is 5.82. The number of benzene rings is 1. The van der Waals surface area contributed by atoms with Crippen LogP contribution in [0.1, 0.15) is 36.9 Å². The topological polar surface area (TPSA) is 81.4 Å². The highest BCUT2D eigenvalue weighted by Gasteiger charge is 2.40. The van der Waals surface area contributed by atoms with Crippen molar-refractivity contribution in [2.24, 2.45) is 5.92 Å². The highest BCUT2D eigenvalue weighted by atomic mass is 16.4. The first kappa shape index (κ1) is 14.1. The summed E-state index contributed by atoms with van der Waals surface area (Å²) in [6.45, 7) is 2.26. The lowest BCUT2D eigenvalue weighted by molar-refractivity contribution is -0.151. The van der Waals surface area contributed by atoms with Crippen LogP contribution >= 0.6 is 0 Å². The molecule has 5 heteroatoms. The molecule has 0 aliphatic carbocycles. The molecule has 1 N–H and O–H groups in total. The average Bonchev–Trinajstić information content (AvgIpc) is 2.46. The van der Waals surface area contributed by atoms with Crippen molar-refractivity contribution in [3.63, 3.8) is 0 Å². The van der Waals surface area contributed by atoms with Gasteiger partial charge in [0.25, 0.3) is 0 Å². The van der Waals surface area contributed by atoms with Gasteiger partial charge in [-0.1, -0.05) is 18.2 Å². The molecule has 2 rings (SSSR count). The van der Waals surface area contributed by atoms with E-state index in [0.717, 1.165) is 0 Å². The maximum Gasteiger partial charge on any atom is 0.308 e. The van der Waals surface area contributed by atoms with Crippen LogP contribution in [0.25, 0.3) is 0 Å². The van der Waals surface area contributed by atoms with Crippen LogP contribution in [0.5, 0.6) is 0 Å². The second kappa shape index (κ2) is 5.74. The molecule has 1 heterocycles. The standard InChI is InChI=1S/C15H16N2O3/c1-2-17-13(18)8-7-12(15(19)20)14(17)11-6-4-3-5-10(11)9-16/h3-6,12,14H,2,7-8H2,1H3,(H,19,20). The number of hydrogen-bond acceptors (Lipinski definition) is 3. The molecule has 0 saturated carbocycles. The van der Waals surface area contributed by atoms with Crippen LogP contribution in [0, 0.1) is 17.2 Å². The normalized spacial score (nSPS) is 22.4. The number of carbonyl (C=O) groups is 2. The van der Waals surface area contributed by atoms with Gasteiger partial charge >= 0.3 is 5.97 Å². The van der Waals surface area contributed by atoms with Crippen molar-refractivity contribution in [2.75, 3.05) is 6.54 Å². The van der Waals surface area contributed by atoms with Crippen molar-refractivity contribution in [3.05, 3.63) is 35.4 Å². The first-order chi connectivity index (χ1) is 9.60. The number of carboxylic acids is 1. The Balaban J connectivity index is 2.53. The van der Waals surface area contributed by atoms with Gasteiger partial charge in [0.2, 0.25) is 5.91 Å². The number of rotatable bonds is 3. The van der Waals surface area contributed by atoms with E-state index in [2.05, 4.69) is 6.07 Å². The fraction of sp³-hybridized carbons (Fsp3) is 0.400. The Morgan fingerprint density at radius 2 is 2.20 bits per heavy atom. The molecule has 1 aromatic rings. The van der Waals surface area contributed by atoms with E-state index in [-0.39, 0.29) is 12.3 Å². The van der Waals surface area contributed by atoms with Gasteiger partial charge in [-0.15, -0.1) is 0 Å². The highest BCUT2D eigenvalue weighted by Crippen LogP contribution is 2.37. The number of piperidine rings is 1. The van der Waals surface area contributed by atoms with Gasteiger partial charge in [-0.25, -0.2) is 0 Å². The molecule has 1 amide bonds. The number of carboxylic acid groups (broad SMARTS) is 1. The summed E-state index contributed by atoms with van der Waals surface area (Å²) in [5.41, 5.74) is 1.05. The van der Waals surface area contributed by atoms with Crippen LogP contribution < -0.4 is 0 Å². The molecule has 5 nitrogen and oxygen atoms in total. The third-order valence-electron chi connectivity index (χ3n) is 3.76. The first-order valence-electron chi connectivity index (χ1n) is 6.61. The summed E-state index contributed by atoms with van der Waals surface area (Å²) in [6, 6.07) is 8.41. The molecule has 0 radical (unpaired) electrons. The third-order valence-corrected chi connectivity index (χ3v) is 3.76. The predicted octanol–water partition coefficient (Wildman–Crippen LogP) is 1.94. The Kier molecular flexibility index (Phi) is 4.04. The monoisotopic (exact) mass is 272 g/mol. The number of carbonyl (C=O) groups excluding carboxylic acids is 1. The average molecular weight is 272 g/mol. The molecule has 2 unspecified atom stereocenters. The van der Waals surface area contributed by atoms with E-state index in [9.17, 15) is 20.0 Å². The lowest BCUT2D eigenvalue weighted by Crippen LogP contribution is -2.45. The van der Waals surface area contributed by atoms with E-state index in [4.69, 9.17) is 0 Å². The lowest BCUT2D eigenvalue weighted by Gasteiger charge is -2.39. The van der Waals surface area contributed by atoms with Crippen LogP contribution in [-0.2, 0) is 9.59 Å². The van der Waals surface area contributed by atoms with Crippen molar-refractivity contribution in [1.29, 1.82) is 5.26 Å². The van der Waals surface area contributed by atoms with Crippen LogP contribution in [-0.4, -0.2) is 28.4 Å². The summed E-state index contributed by atoms with van der Waals surface area (Å²) in [7, 11) is 0. The van der Waals surface area contributed by atoms with E-state index in [1.165, 1.54) is 0 Å². The Morgan fingerprint density at radius 3 is 2.80 bits per heavy atom. The second-order valence-corrected chi connectivity index (χ2v) is 4.81. The van der Waals surface area contributed by atoms with E-state index in [1.807, 2.05) is 6.92 Å². The zero-order valence-corrected chi connectivity index (χ0v) is 11.2. The van der Waals surface area contributed by atoms with Crippen molar-refractivity contribution in [1.82, 2.24) is 4.90 Å². The minimum absolute atomic E-state index is 0.0530. The molecule has 0 bridgehead atoms. The van der Waals surface area contributed by atoms with Crippen LogP contribution in [0.15, 0.2) is 24.3 Å². The van der Waals surface area contributed by atoms with Gasteiger partial charge in [-0.3, -0.25) is 9.59 Å². The minimum atomic E-state index is -0.923. The number of aliphatic carboxylic acids is 1. The Hall–Kier alpha value is -2.35. The van der Waals surface area contributed by atoms with Gasteiger partial charge in [0, 0.05) is 13.0 Å².